The first kappa shape index (κ1) is 21.8. The molecule has 0 spiro atoms. The third-order valence-corrected chi connectivity index (χ3v) is 6.49. The highest BCUT2D eigenvalue weighted by Gasteiger charge is 2.25. The van der Waals surface area contributed by atoms with Gasteiger partial charge in [0.2, 0.25) is 5.91 Å². The van der Waals surface area contributed by atoms with Crippen molar-refractivity contribution in [1.82, 2.24) is 10.3 Å². The standard InChI is InChI=1S/C26H23FN2O2S/c1-17-23(13-18-3-6-21(7-4-18)32(2)31)22-8-5-20(27)14-25(22)24(17)15-26(30)29-16-19-9-11-28-12-10-19/h3-14H,15-16H2,1-2H3,(H,29,30)/b23-13+. The van der Waals surface area contributed by atoms with E-state index in [0.717, 1.165) is 43.9 Å². The van der Waals surface area contributed by atoms with Gasteiger partial charge in [-0.2, -0.15) is 0 Å². The van der Waals surface area contributed by atoms with E-state index in [0.29, 0.717) is 6.54 Å². The number of hydrogen-bond donors (Lipinski definition) is 1. The Kier molecular flexibility index (Phi) is 6.42. The lowest BCUT2D eigenvalue weighted by Crippen LogP contribution is -2.22. The number of hydrogen-bond acceptors (Lipinski definition) is 3. The van der Waals surface area contributed by atoms with Crippen LogP contribution in [0.5, 0.6) is 0 Å². The van der Waals surface area contributed by atoms with Crippen LogP contribution in [-0.4, -0.2) is 21.4 Å². The molecule has 0 fully saturated rings. The lowest BCUT2D eigenvalue weighted by molar-refractivity contribution is -0.120. The average molecular weight is 447 g/mol. The Hall–Kier alpha value is -3.38. The first-order valence-corrected chi connectivity index (χ1v) is 11.8. The largest absolute Gasteiger partial charge is 0.352 e. The lowest BCUT2D eigenvalue weighted by atomic mass is 10.0. The zero-order valence-electron chi connectivity index (χ0n) is 17.9. The molecule has 0 aliphatic heterocycles. The SMILES string of the molecule is CC1=C(CC(=O)NCc2ccncc2)c2cc(F)ccc2/C1=C/c1ccc(S(C)=O)cc1. The summed E-state index contributed by atoms with van der Waals surface area (Å²) in [6.07, 6.45) is 7.21. The Morgan fingerprint density at radius 1 is 1.06 bits per heavy atom. The Balaban J connectivity index is 1.62. The van der Waals surface area contributed by atoms with E-state index < -0.39 is 10.8 Å². The third-order valence-electron chi connectivity index (χ3n) is 5.55. The fourth-order valence-electron chi connectivity index (χ4n) is 3.83. The van der Waals surface area contributed by atoms with Gasteiger partial charge in [-0.3, -0.25) is 14.0 Å². The second-order valence-corrected chi connectivity index (χ2v) is 9.06. The van der Waals surface area contributed by atoms with Gasteiger partial charge in [0.05, 0.1) is 6.42 Å². The minimum atomic E-state index is -1.04. The first-order chi connectivity index (χ1) is 15.4. The van der Waals surface area contributed by atoms with Gasteiger partial charge in [0.15, 0.2) is 0 Å². The number of amides is 1. The van der Waals surface area contributed by atoms with Crippen LogP contribution >= 0.6 is 0 Å². The number of carbonyl (C=O) groups is 1. The maximum Gasteiger partial charge on any atom is 0.224 e. The highest BCUT2D eigenvalue weighted by Crippen LogP contribution is 2.43. The predicted octanol–water partition coefficient (Wildman–Crippen LogP) is 4.99. The summed E-state index contributed by atoms with van der Waals surface area (Å²) in [6, 6.07) is 15.9. The van der Waals surface area contributed by atoms with Crippen molar-refractivity contribution in [2.45, 2.75) is 24.8 Å². The predicted molar refractivity (Wildman–Crippen MR) is 126 cm³/mol. The van der Waals surface area contributed by atoms with Crippen molar-refractivity contribution in [3.63, 3.8) is 0 Å². The zero-order chi connectivity index (χ0) is 22.7. The lowest BCUT2D eigenvalue weighted by Gasteiger charge is -2.08. The molecule has 6 heteroatoms. The van der Waals surface area contributed by atoms with Crippen molar-refractivity contribution in [3.05, 3.63) is 101 Å². The van der Waals surface area contributed by atoms with Crippen LogP contribution in [0.15, 0.2) is 77.5 Å². The summed E-state index contributed by atoms with van der Waals surface area (Å²) >= 11 is 0. The number of allylic oxidation sites excluding steroid dienone is 2. The van der Waals surface area contributed by atoms with Gasteiger partial charge in [-0.1, -0.05) is 18.2 Å². The molecule has 4 nitrogen and oxygen atoms in total. The van der Waals surface area contributed by atoms with Crippen LogP contribution in [-0.2, 0) is 22.1 Å². The van der Waals surface area contributed by atoms with Gasteiger partial charge in [0.1, 0.15) is 5.82 Å². The number of pyridine rings is 1. The first-order valence-electron chi connectivity index (χ1n) is 10.2. The number of benzene rings is 2. The van der Waals surface area contributed by atoms with Gasteiger partial charge in [0.25, 0.3) is 0 Å². The molecule has 0 bridgehead atoms. The highest BCUT2D eigenvalue weighted by molar-refractivity contribution is 7.84. The molecule has 1 amide bonds. The number of carbonyl (C=O) groups excluding carboxylic acids is 1. The quantitative estimate of drug-likeness (QED) is 0.580. The Morgan fingerprint density at radius 3 is 2.47 bits per heavy atom. The summed E-state index contributed by atoms with van der Waals surface area (Å²) < 4.78 is 25.7. The van der Waals surface area contributed by atoms with Crippen molar-refractivity contribution in [3.8, 4) is 0 Å². The van der Waals surface area contributed by atoms with Crippen molar-refractivity contribution >= 4 is 33.9 Å². The van der Waals surface area contributed by atoms with E-state index in [1.54, 1.807) is 24.7 Å². The fraction of sp³-hybridized carbons (Fsp3) is 0.154. The molecule has 1 aliphatic rings. The molecule has 162 valence electrons. The van der Waals surface area contributed by atoms with Crippen molar-refractivity contribution in [1.29, 1.82) is 0 Å². The number of nitrogens with one attached hydrogen (secondary N) is 1. The zero-order valence-corrected chi connectivity index (χ0v) is 18.7. The van der Waals surface area contributed by atoms with Crippen LogP contribution in [0, 0.1) is 5.82 Å². The van der Waals surface area contributed by atoms with E-state index in [1.807, 2.05) is 49.4 Å². The molecule has 3 aromatic rings. The number of nitrogens with zero attached hydrogens (tertiary/aromatic N) is 1. The molecular formula is C26H23FN2O2S. The molecule has 32 heavy (non-hydrogen) atoms. The Bertz CT molecular complexity index is 1250. The third kappa shape index (κ3) is 4.75. The van der Waals surface area contributed by atoms with Crippen LogP contribution in [0.25, 0.3) is 17.2 Å². The number of fused-ring (bicyclic) bond motifs is 1. The molecule has 1 N–H and O–H groups in total. The fourth-order valence-corrected chi connectivity index (χ4v) is 4.35. The number of rotatable bonds is 6. The Morgan fingerprint density at radius 2 is 1.78 bits per heavy atom. The molecule has 1 unspecified atom stereocenters. The van der Waals surface area contributed by atoms with Gasteiger partial charge in [-0.05, 0) is 88.4 Å². The van der Waals surface area contributed by atoms with E-state index >= 15 is 0 Å². The van der Waals surface area contributed by atoms with Gasteiger partial charge < -0.3 is 5.32 Å². The van der Waals surface area contributed by atoms with E-state index in [9.17, 15) is 13.4 Å². The minimum Gasteiger partial charge on any atom is -0.352 e. The average Bonchev–Trinajstić information content (AvgIpc) is 3.04. The maximum atomic E-state index is 14.1. The van der Waals surface area contributed by atoms with E-state index in [2.05, 4.69) is 10.3 Å². The topological polar surface area (TPSA) is 59.1 Å². The summed E-state index contributed by atoms with van der Waals surface area (Å²) in [5.41, 5.74) is 6.31. The van der Waals surface area contributed by atoms with Crippen molar-refractivity contribution in [2.75, 3.05) is 6.26 Å². The number of aromatic nitrogens is 1. The van der Waals surface area contributed by atoms with Crippen LogP contribution in [0.4, 0.5) is 4.39 Å². The van der Waals surface area contributed by atoms with E-state index in [4.69, 9.17) is 0 Å². The number of halogens is 1. The smallest absolute Gasteiger partial charge is 0.224 e. The maximum absolute atomic E-state index is 14.1. The normalized spacial score (nSPS) is 15.0. The molecule has 2 aromatic carbocycles. The van der Waals surface area contributed by atoms with Crippen LogP contribution < -0.4 is 5.32 Å². The second kappa shape index (κ2) is 9.40. The van der Waals surface area contributed by atoms with Gasteiger partial charge in [-0.25, -0.2) is 4.39 Å². The molecule has 1 heterocycles. The molecule has 0 saturated carbocycles. The summed E-state index contributed by atoms with van der Waals surface area (Å²) in [5, 5.41) is 2.93. The van der Waals surface area contributed by atoms with E-state index in [-0.39, 0.29) is 18.1 Å². The molecule has 0 radical (unpaired) electrons. The molecule has 1 aromatic heterocycles. The van der Waals surface area contributed by atoms with Crippen molar-refractivity contribution in [2.24, 2.45) is 0 Å². The van der Waals surface area contributed by atoms with Gasteiger partial charge in [-0.15, -0.1) is 0 Å². The molecule has 0 saturated heterocycles. The summed E-state index contributed by atoms with van der Waals surface area (Å²) in [5.74, 6) is -0.454. The molecular weight excluding hydrogens is 423 g/mol. The van der Waals surface area contributed by atoms with Gasteiger partial charge >= 0.3 is 0 Å². The van der Waals surface area contributed by atoms with Crippen LogP contribution in [0.3, 0.4) is 0 Å². The Labute approximate surface area is 189 Å². The molecule has 4 rings (SSSR count). The van der Waals surface area contributed by atoms with E-state index in [1.165, 1.54) is 12.1 Å². The second-order valence-electron chi connectivity index (χ2n) is 7.68. The van der Waals surface area contributed by atoms with Crippen LogP contribution in [0.1, 0.15) is 35.6 Å². The molecule has 1 atom stereocenters. The summed E-state index contributed by atoms with van der Waals surface area (Å²) in [6.45, 7) is 2.38. The van der Waals surface area contributed by atoms with Crippen molar-refractivity contribution < 1.29 is 13.4 Å². The molecule has 1 aliphatic carbocycles. The monoisotopic (exact) mass is 446 g/mol. The highest BCUT2D eigenvalue weighted by atomic mass is 32.2. The summed E-state index contributed by atoms with van der Waals surface area (Å²) in [4.78, 5) is 17.4. The minimum absolute atomic E-state index is 0.123. The van der Waals surface area contributed by atoms with Gasteiger partial charge in [0, 0.05) is 40.9 Å². The van der Waals surface area contributed by atoms with Crippen LogP contribution in [0.2, 0.25) is 0 Å². The summed E-state index contributed by atoms with van der Waals surface area (Å²) in [7, 11) is -1.04.